The maximum atomic E-state index is 11.5. The molecule has 3 heteroatoms. The summed E-state index contributed by atoms with van der Waals surface area (Å²) in [4.78, 5) is 11.5. The van der Waals surface area contributed by atoms with E-state index in [1.54, 1.807) is 13.2 Å². The number of ketones is 1. The summed E-state index contributed by atoms with van der Waals surface area (Å²) < 4.78 is 5.05. The van der Waals surface area contributed by atoms with Crippen LogP contribution in [0.4, 0.5) is 5.69 Å². The average molecular weight is 177 g/mol. The predicted molar refractivity (Wildman–Crippen MR) is 50.4 cm³/mol. The van der Waals surface area contributed by atoms with Gasteiger partial charge in [0, 0.05) is 24.2 Å². The summed E-state index contributed by atoms with van der Waals surface area (Å²) >= 11 is 0. The van der Waals surface area contributed by atoms with Crippen LogP contribution in [0.5, 0.6) is 5.75 Å². The van der Waals surface area contributed by atoms with Gasteiger partial charge in [0.1, 0.15) is 5.75 Å². The van der Waals surface area contributed by atoms with Crippen molar-refractivity contribution in [3.8, 4) is 5.75 Å². The number of fused-ring (bicyclic) bond motifs is 1. The van der Waals surface area contributed by atoms with Crippen LogP contribution in [0.25, 0.3) is 0 Å². The van der Waals surface area contributed by atoms with Crippen molar-refractivity contribution < 1.29 is 9.53 Å². The van der Waals surface area contributed by atoms with E-state index < -0.39 is 0 Å². The van der Waals surface area contributed by atoms with Gasteiger partial charge in [-0.2, -0.15) is 0 Å². The second kappa shape index (κ2) is 3.09. The van der Waals surface area contributed by atoms with Crippen LogP contribution >= 0.6 is 0 Å². The van der Waals surface area contributed by atoms with E-state index in [9.17, 15) is 4.79 Å². The number of carbonyl (C=O) groups is 1. The quantitative estimate of drug-likeness (QED) is 0.709. The number of rotatable bonds is 1. The Morgan fingerprint density at radius 1 is 1.46 bits per heavy atom. The van der Waals surface area contributed by atoms with Crippen molar-refractivity contribution in [2.75, 3.05) is 19.0 Å². The third kappa shape index (κ3) is 1.37. The molecular formula is C10H11NO2. The maximum Gasteiger partial charge on any atom is 0.166 e. The number of hydrogen-bond acceptors (Lipinski definition) is 3. The lowest BCUT2D eigenvalue weighted by Gasteiger charge is -2.17. The van der Waals surface area contributed by atoms with Crippen LogP contribution in [-0.2, 0) is 0 Å². The van der Waals surface area contributed by atoms with Crippen molar-refractivity contribution in [3.63, 3.8) is 0 Å². The van der Waals surface area contributed by atoms with Crippen molar-refractivity contribution in [3.05, 3.63) is 23.8 Å². The van der Waals surface area contributed by atoms with Crippen molar-refractivity contribution in [2.45, 2.75) is 6.42 Å². The minimum atomic E-state index is 0.188. The molecule has 68 valence electrons. The molecule has 1 aliphatic heterocycles. The topological polar surface area (TPSA) is 38.3 Å². The van der Waals surface area contributed by atoms with Gasteiger partial charge in [-0.1, -0.05) is 0 Å². The van der Waals surface area contributed by atoms with E-state index in [2.05, 4.69) is 5.32 Å². The fourth-order valence-electron chi connectivity index (χ4n) is 1.48. The van der Waals surface area contributed by atoms with Gasteiger partial charge in [-0.15, -0.1) is 0 Å². The number of anilines is 1. The van der Waals surface area contributed by atoms with Crippen LogP contribution in [0, 0.1) is 0 Å². The molecule has 1 aromatic carbocycles. The van der Waals surface area contributed by atoms with Gasteiger partial charge >= 0.3 is 0 Å². The highest BCUT2D eigenvalue weighted by Crippen LogP contribution is 2.25. The first kappa shape index (κ1) is 8.10. The monoisotopic (exact) mass is 177 g/mol. The summed E-state index contributed by atoms with van der Waals surface area (Å²) in [6.45, 7) is 0.734. The van der Waals surface area contributed by atoms with Crippen LogP contribution < -0.4 is 10.1 Å². The molecule has 0 saturated heterocycles. The van der Waals surface area contributed by atoms with Crippen molar-refractivity contribution in [1.29, 1.82) is 0 Å². The zero-order valence-electron chi connectivity index (χ0n) is 7.46. The van der Waals surface area contributed by atoms with E-state index in [1.807, 2.05) is 12.1 Å². The first-order valence-corrected chi connectivity index (χ1v) is 4.26. The van der Waals surface area contributed by atoms with E-state index in [0.717, 1.165) is 23.5 Å². The van der Waals surface area contributed by atoms with Crippen LogP contribution in [-0.4, -0.2) is 19.4 Å². The number of benzene rings is 1. The molecule has 2 rings (SSSR count). The van der Waals surface area contributed by atoms with E-state index in [0.29, 0.717) is 6.42 Å². The number of nitrogens with one attached hydrogen (secondary N) is 1. The van der Waals surface area contributed by atoms with Gasteiger partial charge in [-0.25, -0.2) is 0 Å². The molecule has 0 radical (unpaired) electrons. The number of Topliss-reactive ketones (excluding diaryl/α,β-unsaturated/α-hetero) is 1. The Morgan fingerprint density at radius 3 is 3.08 bits per heavy atom. The van der Waals surface area contributed by atoms with E-state index in [4.69, 9.17) is 4.74 Å². The van der Waals surface area contributed by atoms with Crippen LogP contribution in [0.15, 0.2) is 18.2 Å². The Morgan fingerprint density at radius 2 is 2.31 bits per heavy atom. The van der Waals surface area contributed by atoms with Gasteiger partial charge in [-0.3, -0.25) is 4.79 Å². The van der Waals surface area contributed by atoms with E-state index in [-0.39, 0.29) is 5.78 Å². The predicted octanol–water partition coefficient (Wildman–Crippen LogP) is 1.69. The Balaban J connectivity index is 2.47. The molecule has 0 aromatic heterocycles. The molecule has 0 saturated carbocycles. The molecule has 1 aromatic rings. The summed E-state index contributed by atoms with van der Waals surface area (Å²) in [5.74, 6) is 0.920. The molecule has 1 heterocycles. The van der Waals surface area contributed by atoms with Gasteiger partial charge in [0.25, 0.3) is 0 Å². The Bertz CT molecular complexity index is 347. The fraction of sp³-hybridized carbons (Fsp3) is 0.300. The number of hydrogen-bond donors (Lipinski definition) is 1. The molecule has 1 N–H and O–H groups in total. The van der Waals surface area contributed by atoms with Gasteiger partial charge in [0.2, 0.25) is 0 Å². The summed E-state index contributed by atoms with van der Waals surface area (Å²) in [7, 11) is 1.60. The Hall–Kier alpha value is -1.51. The van der Waals surface area contributed by atoms with Crippen LogP contribution in [0.3, 0.4) is 0 Å². The third-order valence-corrected chi connectivity index (χ3v) is 2.19. The lowest BCUT2D eigenvalue weighted by Crippen LogP contribution is -2.17. The maximum absolute atomic E-state index is 11.5. The normalized spacial score (nSPS) is 14.7. The van der Waals surface area contributed by atoms with Gasteiger partial charge < -0.3 is 10.1 Å². The van der Waals surface area contributed by atoms with Crippen molar-refractivity contribution in [2.24, 2.45) is 0 Å². The lowest BCUT2D eigenvalue weighted by atomic mass is 10.0. The van der Waals surface area contributed by atoms with Gasteiger partial charge in [0.05, 0.1) is 7.11 Å². The molecular weight excluding hydrogens is 166 g/mol. The zero-order valence-corrected chi connectivity index (χ0v) is 7.46. The molecule has 0 unspecified atom stereocenters. The smallest absolute Gasteiger partial charge is 0.166 e. The SMILES string of the molecule is COc1ccc2c(c1)C(=O)CCN2. The molecule has 0 bridgehead atoms. The highest BCUT2D eigenvalue weighted by atomic mass is 16.5. The van der Waals surface area contributed by atoms with Gasteiger partial charge in [0.15, 0.2) is 5.78 Å². The van der Waals surface area contributed by atoms with Crippen molar-refractivity contribution in [1.82, 2.24) is 0 Å². The molecule has 13 heavy (non-hydrogen) atoms. The molecule has 0 amide bonds. The Labute approximate surface area is 76.7 Å². The second-order valence-corrected chi connectivity index (χ2v) is 3.01. The highest BCUT2D eigenvalue weighted by Gasteiger charge is 2.16. The third-order valence-electron chi connectivity index (χ3n) is 2.19. The standard InChI is InChI=1S/C10H11NO2/c1-13-7-2-3-9-8(6-7)10(12)4-5-11-9/h2-3,6,11H,4-5H2,1H3. The fourth-order valence-corrected chi connectivity index (χ4v) is 1.48. The number of methoxy groups -OCH3 is 1. The van der Waals surface area contributed by atoms with Crippen LogP contribution in [0.1, 0.15) is 16.8 Å². The minimum absolute atomic E-state index is 0.188. The zero-order chi connectivity index (χ0) is 9.26. The highest BCUT2D eigenvalue weighted by molar-refractivity contribution is 6.03. The molecule has 0 fully saturated rings. The van der Waals surface area contributed by atoms with E-state index in [1.165, 1.54) is 0 Å². The first-order chi connectivity index (χ1) is 6.31. The van der Waals surface area contributed by atoms with Crippen LogP contribution in [0.2, 0.25) is 0 Å². The second-order valence-electron chi connectivity index (χ2n) is 3.01. The van der Waals surface area contributed by atoms with Crippen molar-refractivity contribution >= 4 is 11.5 Å². The average Bonchev–Trinajstić information content (AvgIpc) is 2.18. The molecule has 1 aliphatic rings. The van der Waals surface area contributed by atoms with E-state index >= 15 is 0 Å². The summed E-state index contributed by atoms with van der Waals surface area (Å²) in [6.07, 6.45) is 0.570. The lowest BCUT2D eigenvalue weighted by molar-refractivity contribution is 0.0983. The molecule has 3 nitrogen and oxygen atoms in total. The number of ether oxygens (including phenoxy) is 1. The minimum Gasteiger partial charge on any atom is -0.497 e. The Kier molecular flexibility index (Phi) is 1.93. The summed E-state index contributed by atoms with van der Waals surface area (Å²) in [5.41, 5.74) is 1.66. The summed E-state index contributed by atoms with van der Waals surface area (Å²) in [6, 6.07) is 5.51. The molecule has 0 aliphatic carbocycles. The number of carbonyl (C=O) groups excluding carboxylic acids is 1. The van der Waals surface area contributed by atoms with Gasteiger partial charge in [-0.05, 0) is 18.2 Å². The molecule has 0 atom stereocenters. The first-order valence-electron chi connectivity index (χ1n) is 4.26. The largest absolute Gasteiger partial charge is 0.497 e. The summed E-state index contributed by atoms with van der Waals surface area (Å²) in [5, 5.41) is 3.17. The molecule has 0 spiro atoms.